The summed E-state index contributed by atoms with van der Waals surface area (Å²) in [6.07, 6.45) is 0. The van der Waals surface area contributed by atoms with Crippen LogP contribution in [-0.2, 0) is 6.61 Å². The zero-order valence-electron chi connectivity index (χ0n) is 11.3. The van der Waals surface area contributed by atoms with Crippen LogP contribution in [-0.4, -0.2) is 34.7 Å². The zero-order chi connectivity index (χ0) is 13.8. The maximum absolute atomic E-state index is 5.62. The van der Waals surface area contributed by atoms with Crippen molar-refractivity contribution in [1.29, 1.82) is 0 Å². The molecule has 0 aliphatic carbocycles. The van der Waals surface area contributed by atoms with E-state index < -0.39 is 0 Å². The van der Waals surface area contributed by atoms with E-state index in [4.69, 9.17) is 9.26 Å². The van der Waals surface area contributed by atoms with Gasteiger partial charge in [-0.05, 0) is 19.2 Å². The predicted molar refractivity (Wildman–Crippen MR) is 78.0 cm³/mol. The molecule has 2 aromatic rings. The fourth-order valence-corrected chi connectivity index (χ4v) is 3.64. The third kappa shape index (κ3) is 2.96. The standard InChI is InChI=1S/C14H17N3O2S/c1-15-12-9-20-8-11(12)14-16-13(17-19-14)7-18-10-5-3-2-4-6-10/h2-6,11-12,15H,7-9H2,1H3. The van der Waals surface area contributed by atoms with Crippen molar-refractivity contribution in [2.24, 2.45) is 0 Å². The number of likely N-dealkylation sites (N-methyl/N-ethyl adjacent to an activating group) is 1. The van der Waals surface area contributed by atoms with Crippen LogP contribution < -0.4 is 10.1 Å². The number of benzene rings is 1. The fraction of sp³-hybridized carbons (Fsp3) is 0.429. The normalized spacial score (nSPS) is 22.1. The molecular formula is C14H17N3O2S. The second kappa shape index (κ2) is 6.28. The van der Waals surface area contributed by atoms with Crippen molar-refractivity contribution in [2.75, 3.05) is 18.6 Å². The molecule has 1 aromatic heterocycles. The molecule has 1 aliphatic heterocycles. The van der Waals surface area contributed by atoms with Gasteiger partial charge in [-0.25, -0.2) is 0 Å². The van der Waals surface area contributed by atoms with E-state index in [1.165, 1.54) is 0 Å². The highest BCUT2D eigenvalue weighted by Crippen LogP contribution is 2.31. The summed E-state index contributed by atoms with van der Waals surface area (Å²) in [5, 5.41) is 7.30. The second-order valence-electron chi connectivity index (χ2n) is 4.69. The smallest absolute Gasteiger partial charge is 0.232 e. The molecule has 0 bridgehead atoms. The molecule has 2 heterocycles. The maximum Gasteiger partial charge on any atom is 0.232 e. The van der Waals surface area contributed by atoms with Crippen LogP contribution in [0.3, 0.4) is 0 Å². The van der Waals surface area contributed by atoms with E-state index in [2.05, 4.69) is 15.5 Å². The van der Waals surface area contributed by atoms with Crippen molar-refractivity contribution in [3.63, 3.8) is 0 Å². The molecule has 1 fully saturated rings. The van der Waals surface area contributed by atoms with Crippen molar-refractivity contribution >= 4 is 11.8 Å². The minimum atomic E-state index is 0.294. The Bertz CT molecular complexity index is 546. The number of nitrogens with zero attached hydrogens (tertiary/aromatic N) is 2. The van der Waals surface area contributed by atoms with E-state index >= 15 is 0 Å². The Morgan fingerprint density at radius 1 is 1.35 bits per heavy atom. The molecule has 0 radical (unpaired) electrons. The average Bonchev–Trinajstić information content (AvgIpc) is 3.14. The van der Waals surface area contributed by atoms with Crippen LogP contribution in [0.2, 0.25) is 0 Å². The van der Waals surface area contributed by atoms with Gasteiger partial charge in [0.1, 0.15) is 5.75 Å². The van der Waals surface area contributed by atoms with Crippen LogP contribution in [0.25, 0.3) is 0 Å². The summed E-state index contributed by atoms with van der Waals surface area (Å²) in [4.78, 5) is 4.45. The molecule has 1 N–H and O–H groups in total. The highest BCUT2D eigenvalue weighted by atomic mass is 32.2. The van der Waals surface area contributed by atoms with E-state index in [0.29, 0.717) is 30.3 Å². The van der Waals surface area contributed by atoms with Crippen LogP contribution in [0, 0.1) is 0 Å². The summed E-state index contributed by atoms with van der Waals surface area (Å²) in [6, 6.07) is 10.0. The minimum absolute atomic E-state index is 0.294. The van der Waals surface area contributed by atoms with Gasteiger partial charge in [-0.3, -0.25) is 0 Å². The van der Waals surface area contributed by atoms with Crippen molar-refractivity contribution in [3.05, 3.63) is 42.0 Å². The quantitative estimate of drug-likeness (QED) is 0.910. The van der Waals surface area contributed by atoms with Gasteiger partial charge in [0.25, 0.3) is 0 Å². The van der Waals surface area contributed by atoms with Crippen LogP contribution in [0.4, 0.5) is 0 Å². The van der Waals surface area contributed by atoms with Gasteiger partial charge in [0.15, 0.2) is 6.61 Å². The number of nitrogens with one attached hydrogen (secondary N) is 1. The summed E-state index contributed by atoms with van der Waals surface area (Å²) in [6.45, 7) is 0.331. The van der Waals surface area contributed by atoms with Crippen molar-refractivity contribution in [1.82, 2.24) is 15.5 Å². The molecule has 0 spiro atoms. The number of hydrogen-bond donors (Lipinski definition) is 1. The minimum Gasteiger partial charge on any atom is -0.485 e. The van der Waals surface area contributed by atoms with E-state index in [1.807, 2.05) is 49.1 Å². The van der Waals surface area contributed by atoms with Gasteiger partial charge in [-0.2, -0.15) is 16.7 Å². The third-order valence-electron chi connectivity index (χ3n) is 3.36. The Kier molecular flexibility index (Phi) is 4.22. The van der Waals surface area contributed by atoms with E-state index in [-0.39, 0.29) is 0 Å². The number of thioether (sulfide) groups is 1. The number of rotatable bonds is 5. The molecule has 2 unspecified atom stereocenters. The molecule has 1 aliphatic rings. The topological polar surface area (TPSA) is 60.2 Å². The SMILES string of the molecule is CNC1CSCC1c1nc(COc2ccccc2)no1. The summed E-state index contributed by atoms with van der Waals surface area (Å²) in [5.74, 6) is 4.51. The van der Waals surface area contributed by atoms with Gasteiger partial charge in [0, 0.05) is 17.5 Å². The average molecular weight is 291 g/mol. The lowest BCUT2D eigenvalue weighted by atomic mass is 10.0. The number of aromatic nitrogens is 2. The molecule has 2 atom stereocenters. The van der Waals surface area contributed by atoms with E-state index in [9.17, 15) is 0 Å². The zero-order valence-corrected chi connectivity index (χ0v) is 12.1. The molecular weight excluding hydrogens is 274 g/mol. The van der Waals surface area contributed by atoms with Gasteiger partial charge in [-0.15, -0.1) is 0 Å². The first-order chi connectivity index (χ1) is 9.86. The molecule has 1 aromatic carbocycles. The Hall–Kier alpha value is -1.53. The molecule has 1 saturated heterocycles. The maximum atomic E-state index is 5.62. The molecule has 20 heavy (non-hydrogen) atoms. The molecule has 106 valence electrons. The van der Waals surface area contributed by atoms with Gasteiger partial charge >= 0.3 is 0 Å². The van der Waals surface area contributed by atoms with E-state index in [1.54, 1.807) is 0 Å². The number of hydrogen-bond acceptors (Lipinski definition) is 6. The van der Waals surface area contributed by atoms with Crippen LogP contribution >= 0.6 is 11.8 Å². The predicted octanol–water partition coefficient (Wildman–Crippen LogP) is 2.07. The van der Waals surface area contributed by atoms with Gasteiger partial charge in [0.05, 0.1) is 5.92 Å². The lowest BCUT2D eigenvalue weighted by molar-refractivity contribution is 0.283. The number of para-hydroxylation sites is 1. The van der Waals surface area contributed by atoms with Crippen molar-refractivity contribution in [2.45, 2.75) is 18.6 Å². The fourth-order valence-electron chi connectivity index (χ4n) is 2.22. The number of ether oxygens (including phenoxy) is 1. The first kappa shape index (κ1) is 13.5. The lowest BCUT2D eigenvalue weighted by Crippen LogP contribution is -2.31. The summed E-state index contributed by atoms with van der Waals surface area (Å²) >= 11 is 1.91. The Morgan fingerprint density at radius 3 is 3.00 bits per heavy atom. The van der Waals surface area contributed by atoms with E-state index in [0.717, 1.165) is 17.3 Å². The molecule has 6 heteroatoms. The second-order valence-corrected chi connectivity index (χ2v) is 5.76. The largest absolute Gasteiger partial charge is 0.485 e. The van der Waals surface area contributed by atoms with Crippen LogP contribution in [0.15, 0.2) is 34.9 Å². The molecule has 5 nitrogen and oxygen atoms in total. The lowest BCUT2D eigenvalue weighted by Gasteiger charge is -2.13. The van der Waals surface area contributed by atoms with Crippen LogP contribution in [0.1, 0.15) is 17.6 Å². The highest BCUT2D eigenvalue weighted by Gasteiger charge is 2.32. The summed E-state index contributed by atoms with van der Waals surface area (Å²) in [7, 11) is 1.97. The Balaban J connectivity index is 1.62. The monoisotopic (exact) mass is 291 g/mol. The molecule has 3 rings (SSSR count). The highest BCUT2D eigenvalue weighted by molar-refractivity contribution is 7.99. The van der Waals surface area contributed by atoms with Gasteiger partial charge in [0.2, 0.25) is 11.7 Å². The summed E-state index contributed by atoms with van der Waals surface area (Å²) in [5.41, 5.74) is 0. The van der Waals surface area contributed by atoms with Gasteiger partial charge < -0.3 is 14.6 Å². The Labute approximate surface area is 122 Å². The molecule has 0 saturated carbocycles. The van der Waals surface area contributed by atoms with Crippen molar-refractivity contribution < 1.29 is 9.26 Å². The first-order valence-electron chi connectivity index (χ1n) is 6.62. The Morgan fingerprint density at radius 2 is 2.20 bits per heavy atom. The van der Waals surface area contributed by atoms with Crippen LogP contribution in [0.5, 0.6) is 5.75 Å². The first-order valence-corrected chi connectivity index (χ1v) is 7.77. The third-order valence-corrected chi connectivity index (χ3v) is 4.55. The molecule has 0 amide bonds. The van der Waals surface area contributed by atoms with Crippen molar-refractivity contribution in [3.8, 4) is 5.75 Å². The van der Waals surface area contributed by atoms with Gasteiger partial charge in [-0.1, -0.05) is 23.4 Å². The summed E-state index contributed by atoms with van der Waals surface area (Å²) < 4.78 is 11.0.